The third-order valence-electron chi connectivity index (χ3n) is 11.3. The summed E-state index contributed by atoms with van der Waals surface area (Å²) in [6.45, 7) is 0.962. The van der Waals surface area contributed by atoms with Crippen LogP contribution in [0.4, 0.5) is 10.5 Å². The van der Waals surface area contributed by atoms with Crippen LogP contribution in [0.5, 0.6) is 0 Å². The first-order valence-electron chi connectivity index (χ1n) is 20.5. The van der Waals surface area contributed by atoms with Crippen molar-refractivity contribution in [2.45, 2.75) is 76.2 Å². The first-order chi connectivity index (χ1) is 28.8. The predicted molar refractivity (Wildman–Crippen MR) is 226 cm³/mol. The van der Waals surface area contributed by atoms with Crippen LogP contribution in [0.2, 0.25) is 0 Å². The highest BCUT2D eigenvalue weighted by Crippen LogP contribution is 2.35. The van der Waals surface area contributed by atoms with E-state index in [1.165, 1.54) is 0 Å². The average Bonchev–Trinajstić information content (AvgIpc) is 3.98. The largest absolute Gasteiger partial charge is 0.445 e. The van der Waals surface area contributed by atoms with Crippen molar-refractivity contribution in [2.75, 3.05) is 25.5 Å². The second-order valence-electron chi connectivity index (χ2n) is 15.2. The number of ether oxygens (including phenoxy) is 2. The van der Waals surface area contributed by atoms with Crippen LogP contribution >= 0.6 is 0 Å². The maximum Gasteiger partial charge on any atom is 0.407 e. The molecule has 0 spiro atoms. The Bertz CT molecular complexity index is 2150. The molecule has 1 aliphatic carbocycles. The van der Waals surface area contributed by atoms with Gasteiger partial charge in [-0.15, -0.1) is 0 Å². The SMILES string of the molecule is COC1CCC(C(=O)Nc2ccc(-c3ccc(-c4cnc([C@@H]5CCCN5C(=O)[C@H](NC(=O)CCCNC(=O)OCc5ccccc5)c5ccccc5)[nH]4)cc3)cc2)CC1. The molecule has 0 unspecified atom stereocenters. The number of nitrogens with zero attached hydrogens (tertiary/aromatic N) is 2. The van der Waals surface area contributed by atoms with Gasteiger partial charge in [-0.2, -0.15) is 0 Å². The molecule has 5 aromatic rings. The molecule has 4 aromatic carbocycles. The fraction of sp³-hybridized carbons (Fsp3) is 0.340. The molecule has 1 saturated carbocycles. The van der Waals surface area contributed by atoms with Crippen molar-refractivity contribution in [3.8, 4) is 22.4 Å². The number of aromatic amines is 1. The maximum atomic E-state index is 14.3. The molecule has 12 heteroatoms. The lowest BCUT2D eigenvalue weighted by Gasteiger charge is -2.28. The molecule has 59 heavy (non-hydrogen) atoms. The second kappa shape index (κ2) is 19.9. The van der Waals surface area contributed by atoms with Crippen LogP contribution in [0, 0.1) is 5.92 Å². The van der Waals surface area contributed by atoms with Crippen LogP contribution in [0.1, 0.15) is 80.4 Å². The zero-order valence-corrected chi connectivity index (χ0v) is 33.4. The van der Waals surface area contributed by atoms with E-state index < -0.39 is 12.1 Å². The highest BCUT2D eigenvalue weighted by atomic mass is 16.5. The van der Waals surface area contributed by atoms with Crippen LogP contribution in [0.3, 0.4) is 0 Å². The van der Waals surface area contributed by atoms with Gasteiger partial charge in [-0.05, 0) is 84.9 Å². The number of carbonyl (C=O) groups excluding carboxylic acids is 4. The van der Waals surface area contributed by atoms with Crippen LogP contribution < -0.4 is 16.0 Å². The summed E-state index contributed by atoms with van der Waals surface area (Å²) in [6, 6.07) is 33.6. The number of aromatic nitrogens is 2. The number of alkyl carbamates (subject to hydrolysis) is 1. The molecule has 306 valence electrons. The van der Waals surface area contributed by atoms with Crippen LogP contribution in [0.15, 0.2) is 115 Å². The minimum absolute atomic E-state index is 0.0178. The summed E-state index contributed by atoms with van der Waals surface area (Å²) in [5, 5.41) is 8.74. The molecule has 12 nitrogen and oxygen atoms in total. The summed E-state index contributed by atoms with van der Waals surface area (Å²) in [4.78, 5) is 62.4. The number of amides is 4. The lowest BCUT2D eigenvalue weighted by Crippen LogP contribution is -2.43. The van der Waals surface area contributed by atoms with E-state index in [0.29, 0.717) is 24.4 Å². The number of benzene rings is 4. The number of hydrogen-bond acceptors (Lipinski definition) is 7. The third-order valence-corrected chi connectivity index (χ3v) is 11.3. The zero-order valence-electron chi connectivity index (χ0n) is 33.4. The molecule has 2 atom stereocenters. The Morgan fingerprint density at radius 3 is 2.17 bits per heavy atom. The van der Waals surface area contributed by atoms with Crippen LogP contribution in [0.25, 0.3) is 22.4 Å². The van der Waals surface area contributed by atoms with Crippen molar-refractivity contribution in [3.05, 3.63) is 132 Å². The molecular formula is C47H52N6O6. The minimum Gasteiger partial charge on any atom is -0.445 e. The molecule has 4 amide bonds. The quantitative estimate of drug-likeness (QED) is 0.0781. The third kappa shape index (κ3) is 10.8. The van der Waals surface area contributed by atoms with Gasteiger partial charge >= 0.3 is 6.09 Å². The van der Waals surface area contributed by atoms with Gasteiger partial charge < -0.3 is 35.3 Å². The standard InChI is InChI=1S/C47H52N6O6/c1-58-39-26-22-37(23-27-39)45(55)50-38-24-20-34(21-25-38)33-16-18-35(19-17-33)40-30-49-44(51-40)41-14-9-29-53(41)46(56)43(36-12-6-3-7-13-36)52-42(54)15-8-28-48-47(57)59-31-32-10-4-2-5-11-32/h2-7,10-13,16-21,24-25,30,37,39,41,43H,8-9,14-15,22-23,26-29,31H2,1H3,(H,48,57)(H,49,51)(H,50,55)(H,52,54)/t37?,39?,41-,43+/m0/s1. The zero-order chi connectivity index (χ0) is 41.0. The normalized spacial score (nSPS) is 18.1. The number of carbonyl (C=O) groups is 4. The van der Waals surface area contributed by atoms with Crippen molar-refractivity contribution in [3.63, 3.8) is 0 Å². The Labute approximate surface area is 345 Å². The Morgan fingerprint density at radius 2 is 1.47 bits per heavy atom. The van der Waals surface area contributed by atoms with E-state index in [1.54, 1.807) is 13.3 Å². The summed E-state index contributed by atoms with van der Waals surface area (Å²) in [5.74, 6) is 0.300. The van der Waals surface area contributed by atoms with Crippen LogP contribution in [-0.4, -0.2) is 65.0 Å². The van der Waals surface area contributed by atoms with Gasteiger partial charge in [0.1, 0.15) is 18.5 Å². The van der Waals surface area contributed by atoms with Gasteiger partial charge in [0.25, 0.3) is 0 Å². The summed E-state index contributed by atoms with van der Waals surface area (Å²) in [6.07, 6.45) is 7.08. The topological polar surface area (TPSA) is 155 Å². The monoisotopic (exact) mass is 796 g/mol. The molecule has 2 aliphatic rings. The van der Waals surface area contributed by atoms with E-state index in [0.717, 1.165) is 72.2 Å². The summed E-state index contributed by atoms with van der Waals surface area (Å²) >= 11 is 0. The molecular weight excluding hydrogens is 745 g/mol. The van der Waals surface area contributed by atoms with E-state index in [2.05, 4.69) is 33.1 Å². The molecule has 0 radical (unpaired) electrons. The highest BCUT2D eigenvalue weighted by molar-refractivity contribution is 5.93. The maximum absolute atomic E-state index is 14.3. The van der Waals surface area contributed by atoms with E-state index in [-0.39, 0.29) is 55.4 Å². The molecule has 2 fully saturated rings. The predicted octanol–water partition coefficient (Wildman–Crippen LogP) is 8.12. The van der Waals surface area contributed by atoms with Gasteiger partial charge in [-0.25, -0.2) is 9.78 Å². The number of nitrogens with one attached hydrogen (secondary N) is 4. The Kier molecular flexibility index (Phi) is 13.8. The van der Waals surface area contributed by atoms with Crippen molar-refractivity contribution in [1.82, 2.24) is 25.5 Å². The smallest absolute Gasteiger partial charge is 0.407 e. The Hall–Kier alpha value is -6.27. The van der Waals surface area contributed by atoms with Gasteiger partial charge in [0.15, 0.2) is 0 Å². The van der Waals surface area contributed by atoms with Crippen molar-refractivity contribution in [1.29, 1.82) is 0 Å². The number of hydrogen-bond donors (Lipinski definition) is 4. The number of H-pyrrole nitrogens is 1. The van der Waals surface area contributed by atoms with Crippen molar-refractivity contribution >= 4 is 29.5 Å². The van der Waals surface area contributed by atoms with Gasteiger partial charge in [0.05, 0.1) is 24.0 Å². The first-order valence-corrected chi connectivity index (χ1v) is 20.5. The number of imidazole rings is 1. The van der Waals surface area contributed by atoms with Crippen molar-refractivity contribution in [2.24, 2.45) is 5.92 Å². The highest BCUT2D eigenvalue weighted by Gasteiger charge is 2.37. The summed E-state index contributed by atoms with van der Waals surface area (Å²) in [7, 11) is 1.73. The second-order valence-corrected chi connectivity index (χ2v) is 15.2. The lowest BCUT2D eigenvalue weighted by atomic mass is 9.86. The molecule has 1 aliphatic heterocycles. The van der Waals surface area contributed by atoms with E-state index in [9.17, 15) is 19.2 Å². The van der Waals surface area contributed by atoms with Gasteiger partial charge in [0.2, 0.25) is 17.7 Å². The molecule has 1 aromatic heterocycles. The molecule has 2 heterocycles. The lowest BCUT2D eigenvalue weighted by molar-refractivity contribution is -0.137. The average molecular weight is 797 g/mol. The number of rotatable bonds is 15. The first kappa shape index (κ1) is 40.9. The van der Waals surface area contributed by atoms with Gasteiger partial charge in [-0.3, -0.25) is 14.4 Å². The Balaban J connectivity index is 0.929. The number of methoxy groups -OCH3 is 1. The molecule has 0 bridgehead atoms. The fourth-order valence-electron chi connectivity index (χ4n) is 7.91. The molecule has 1 saturated heterocycles. The van der Waals surface area contributed by atoms with E-state index in [4.69, 9.17) is 14.5 Å². The fourth-order valence-corrected chi connectivity index (χ4v) is 7.91. The number of anilines is 1. The van der Waals surface area contributed by atoms with Gasteiger partial charge in [0, 0.05) is 38.2 Å². The summed E-state index contributed by atoms with van der Waals surface area (Å²) < 4.78 is 10.7. The van der Waals surface area contributed by atoms with Crippen LogP contribution in [-0.2, 0) is 30.5 Å². The number of likely N-dealkylation sites (tertiary alicyclic amines) is 1. The van der Waals surface area contributed by atoms with E-state index >= 15 is 0 Å². The molecule has 4 N–H and O–H groups in total. The molecule has 7 rings (SSSR count). The Morgan fingerprint density at radius 1 is 0.814 bits per heavy atom. The van der Waals surface area contributed by atoms with E-state index in [1.807, 2.05) is 102 Å². The minimum atomic E-state index is -0.874. The van der Waals surface area contributed by atoms with Crippen molar-refractivity contribution < 1.29 is 28.7 Å². The van der Waals surface area contributed by atoms with Gasteiger partial charge in [-0.1, -0.05) is 97.1 Å². The summed E-state index contributed by atoms with van der Waals surface area (Å²) in [5.41, 5.74) is 6.25.